The fourth-order valence-electron chi connectivity index (χ4n) is 1.89. The van der Waals surface area contributed by atoms with Crippen LogP contribution in [-0.2, 0) is 0 Å². The van der Waals surface area contributed by atoms with Gasteiger partial charge in [0, 0.05) is 10.5 Å². The van der Waals surface area contributed by atoms with E-state index in [1.54, 1.807) is 0 Å². The van der Waals surface area contributed by atoms with E-state index in [4.69, 9.17) is 15.2 Å². The molecular weight excluding hydrogens is 282 g/mol. The summed E-state index contributed by atoms with van der Waals surface area (Å²) in [5.74, 6) is 2.26. The molecule has 17 heavy (non-hydrogen) atoms. The van der Waals surface area contributed by atoms with E-state index in [1.165, 1.54) is 0 Å². The van der Waals surface area contributed by atoms with E-state index in [-0.39, 0.29) is 6.04 Å². The quantitative estimate of drug-likeness (QED) is 0.923. The zero-order chi connectivity index (χ0) is 12.4. The van der Waals surface area contributed by atoms with Crippen LogP contribution in [-0.4, -0.2) is 6.79 Å². The van der Waals surface area contributed by atoms with Crippen molar-refractivity contribution in [1.82, 2.24) is 0 Å². The van der Waals surface area contributed by atoms with Gasteiger partial charge in [0.1, 0.15) is 0 Å². The molecule has 2 N–H and O–H groups in total. The maximum absolute atomic E-state index is 6.21. The Labute approximate surface area is 110 Å². The van der Waals surface area contributed by atoms with Gasteiger partial charge < -0.3 is 15.2 Å². The monoisotopic (exact) mass is 299 g/mol. The van der Waals surface area contributed by atoms with Gasteiger partial charge in [0.15, 0.2) is 11.5 Å². The molecule has 1 aromatic rings. The highest BCUT2D eigenvalue weighted by molar-refractivity contribution is 9.10. The zero-order valence-corrected chi connectivity index (χ0v) is 11.8. The molecule has 0 aromatic heterocycles. The lowest BCUT2D eigenvalue weighted by molar-refractivity contribution is 0.174. The van der Waals surface area contributed by atoms with Crippen LogP contribution in [0, 0.1) is 5.92 Å². The predicted molar refractivity (Wildman–Crippen MR) is 71.3 cm³/mol. The maximum atomic E-state index is 6.21. The Hall–Kier alpha value is -0.740. The number of fused-ring (bicyclic) bond motifs is 1. The Balaban J connectivity index is 2.15. The van der Waals surface area contributed by atoms with Crippen LogP contribution in [0.1, 0.15) is 38.3 Å². The van der Waals surface area contributed by atoms with Gasteiger partial charge in [-0.05, 0) is 36.5 Å². The summed E-state index contributed by atoms with van der Waals surface area (Å²) in [6, 6.07) is 3.96. The summed E-state index contributed by atoms with van der Waals surface area (Å²) in [6.45, 7) is 4.72. The first-order chi connectivity index (χ1) is 8.08. The average Bonchev–Trinajstić information content (AvgIpc) is 2.71. The molecule has 0 amide bonds. The Morgan fingerprint density at radius 3 is 2.53 bits per heavy atom. The largest absolute Gasteiger partial charge is 0.454 e. The van der Waals surface area contributed by atoms with Crippen LogP contribution in [0.4, 0.5) is 0 Å². The average molecular weight is 300 g/mol. The number of rotatable bonds is 4. The van der Waals surface area contributed by atoms with Gasteiger partial charge in [0.05, 0.1) is 0 Å². The lowest BCUT2D eigenvalue weighted by Gasteiger charge is -2.15. The number of ether oxygens (including phenoxy) is 2. The standard InChI is InChI=1S/C13H18BrNO2/c1-8(2)3-4-11(15)9-5-12-13(6-10(9)14)17-7-16-12/h5-6,8,11H,3-4,7,15H2,1-2H3/t11-/m0/s1. The molecule has 1 atom stereocenters. The minimum atomic E-state index is 0.0428. The summed E-state index contributed by atoms with van der Waals surface area (Å²) in [4.78, 5) is 0. The molecule has 1 aliphatic rings. The van der Waals surface area contributed by atoms with Gasteiger partial charge in [-0.1, -0.05) is 29.8 Å². The van der Waals surface area contributed by atoms with Crippen molar-refractivity contribution in [3.8, 4) is 11.5 Å². The topological polar surface area (TPSA) is 44.5 Å². The number of nitrogens with two attached hydrogens (primary N) is 1. The fourth-order valence-corrected chi connectivity index (χ4v) is 2.50. The zero-order valence-electron chi connectivity index (χ0n) is 10.2. The van der Waals surface area contributed by atoms with E-state index >= 15 is 0 Å². The van der Waals surface area contributed by atoms with E-state index in [9.17, 15) is 0 Å². The molecule has 0 saturated heterocycles. The second-order valence-electron chi connectivity index (χ2n) is 4.80. The smallest absolute Gasteiger partial charge is 0.231 e. The molecule has 0 bridgehead atoms. The lowest BCUT2D eigenvalue weighted by Crippen LogP contribution is -2.12. The molecule has 0 aliphatic carbocycles. The van der Waals surface area contributed by atoms with Crippen molar-refractivity contribution >= 4 is 15.9 Å². The molecular formula is C13H18BrNO2. The van der Waals surface area contributed by atoms with Crippen molar-refractivity contribution in [1.29, 1.82) is 0 Å². The Morgan fingerprint density at radius 1 is 1.24 bits per heavy atom. The van der Waals surface area contributed by atoms with Crippen LogP contribution in [0.2, 0.25) is 0 Å². The molecule has 0 spiro atoms. The molecule has 1 aliphatic heterocycles. The minimum absolute atomic E-state index is 0.0428. The predicted octanol–water partition coefficient (Wildman–Crippen LogP) is 3.61. The minimum Gasteiger partial charge on any atom is -0.454 e. The number of halogens is 1. The van der Waals surface area contributed by atoms with E-state index in [0.29, 0.717) is 12.7 Å². The third kappa shape index (κ3) is 2.93. The summed E-state index contributed by atoms with van der Waals surface area (Å²) in [7, 11) is 0. The molecule has 94 valence electrons. The number of benzene rings is 1. The third-order valence-electron chi connectivity index (χ3n) is 2.95. The summed E-state index contributed by atoms with van der Waals surface area (Å²) in [5.41, 5.74) is 7.30. The van der Waals surface area contributed by atoms with Crippen molar-refractivity contribution in [2.24, 2.45) is 11.7 Å². The van der Waals surface area contributed by atoms with E-state index in [2.05, 4.69) is 29.8 Å². The van der Waals surface area contributed by atoms with E-state index in [0.717, 1.165) is 34.4 Å². The first kappa shape index (κ1) is 12.7. The Bertz CT molecular complexity index is 407. The van der Waals surface area contributed by atoms with Gasteiger partial charge in [-0.2, -0.15) is 0 Å². The first-order valence-electron chi connectivity index (χ1n) is 5.92. The summed E-state index contributed by atoms with van der Waals surface area (Å²) in [5, 5.41) is 0. The van der Waals surface area contributed by atoms with Gasteiger partial charge in [-0.3, -0.25) is 0 Å². The van der Waals surface area contributed by atoms with Crippen molar-refractivity contribution in [2.45, 2.75) is 32.7 Å². The first-order valence-corrected chi connectivity index (χ1v) is 6.72. The molecule has 1 heterocycles. The highest BCUT2D eigenvalue weighted by Crippen LogP contribution is 2.39. The maximum Gasteiger partial charge on any atom is 0.231 e. The summed E-state index contributed by atoms with van der Waals surface area (Å²) in [6.07, 6.45) is 2.11. The van der Waals surface area contributed by atoms with Crippen LogP contribution in [0.3, 0.4) is 0 Å². The fraction of sp³-hybridized carbons (Fsp3) is 0.538. The molecule has 0 unspecified atom stereocenters. The summed E-state index contributed by atoms with van der Waals surface area (Å²) < 4.78 is 11.7. The van der Waals surface area contributed by atoms with Crippen LogP contribution < -0.4 is 15.2 Å². The molecule has 1 aromatic carbocycles. The number of hydrogen-bond acceptors (Lipinski definition) is 3. The molecule has 4 heteroatoms. The molecule has 3 nitrogen and oxygen atoms in total. The molecule has 2 rings (SSSR count). The van der Waals surface area contributed by atoms with Gasteiger partial charge in [0.25, 0.3) is 0 Å². The van der Waals surface area contributed by atoms with Gasteiger partial charge in [-0.25, -0.2) is 0 Å². The molecule has 0 fully saturated rings. The molecule has 0 radical (unpaired) electrons. The van der Waals surface area contributed by atoms with Crippen LogP contribution in [0.5, 0.6) is 11.5 Å². The highest BCUT2D eigenvalue weighted by Gasteiger charge is 2.19. The van der Waals surface area contributed by atoms with Crippen molar-refractivity contribution < 1.29 is 9.47 Å². The Morgan fingerprint density at radius 2 is 1.88 bits per heavy atom. The SMILES string of the molecule is CC(C)CC[C@H](N)c1cc2c(cc1Br)OCO2. The normalized spacial score (nSPS) is 15.4. The Kier molecular flexibility index (Phi) is 3.94. The van der Waals surface area contributed by atoms with E-state index in [1.807, 2.05) is 12.1 Å². The molecule has 0 saturated carbocycles. The number of hydrogen-bond donors (Lipinski definition) is 1. The third-order valence-corrected chi connectivity index (χ3v) is 3.63. The van der Waals surface area contributed by atoms with Crippen LogP contribution in [0.25, 0.3) is 0 Å². The van der Waals surface area contributed by atoms with Crippen LogP contribution in [0.15, 0.2) is 16.6 Å². The van der Waals surface area contributed by atoms with Crippen molar-refractivity contribution in [3.05, 3.63) is 22.2 Å². The lowest BCUT2D eigenvalue weighted by atomic mass is 9.98. The van der Waals surface area contributed by atoms with Gasteiger partial charge in [0.2, 0.25) is 6.79 Å². The highest BCUT2D eigenvalue weighted by atomic mass is 79.9. The van der Waals surface area contributed by atoms with E-state index < -0.39 is 0 Å². The van der Waals surface area contributed by atoms with Crippen molar-refractivity contribution in [3.63, 3.8) is 0 Å². The van der Waals surface area contributed by atoms with Gasteiger partial charge >= 0.3 is 0 Å². The van der Waals surface area contributed by atoms with Crippen LogP contribution >= 0.6 is 15.9 Å². The van der Waals surface area contributed by atoms with Gasteiger partial charge in [-0.15, -0.1) is 0 Å². The summed E-state index contributed by atoms with van der Waals surface area (Å²) >= 11 is 3.54. The second-order valence-corrected chi connectivity index (χ2v) is 5.66. The second kappa shape index (κ2) is 5.27. The van der Waals surface area contributed by atoms with Crippen molar-refractivity contribution in [2.75, 3.05) is 6.79 Å².